The first-order valence-electron chi connectivity index (χ1n) is 8.78. The van der Waals surface area contributed by atoms with Crippen LogP contribution in [0, 0.1) is 18.3 Å². The summed E-state index contributed by atoms with van der Waals surface area (Å²) in [7, 11) is 0. The number of rotatable bonds is 9. The van der Waals surface area contributed by atoms with Crippen molar-refractivity contribution >= 4 is 40.9 Å². The largest absolute Gasteiger partial charge is 0.456 e. The van der Waals surface area contributed by atoms with Gasteiger partial charge in [0.25, 0.3) is 5.91 Å². The minimum absolute atomic E-state index is 0.176. The van der Waals surface area contributed by atoms with Gasteiger partial charge in [-0.1, -0.05) is 29.8 Å². The van der Waals surface area contributed by atoms with Gasteiger partial charge in [-0.15, -0.1) is 11.8 Å². The molecule has 0 bridgehead atoms. The van der Waals surface area contributed by atoms with Crippen LogP contribution in [-0.2, 0) is 14.3 Å². The highest BCUT2D eigenvalue weighted by Gasteiger charge is 2.18. The molecule has 0 aliphatic heterocycles. The quantitative estimate of drug-likeness (QED) is 0.440. The molecule has 0 N–H and O–H groups in total. The first-order chi connectivity index (χ1) is 13.5. The molecule has 7 heteroatoms. The lowest BCUT2D eigenvalue weighted by Crippen LogP contribution is -2.35. The second-order valence-electron chi connectivity index (χ2n) is 5.96. The van der Waals surface area contributed by atoms with Crippen LogP contribution in [0.5, 0.6) is 0 Å². The number of aryl methyl sites for hydroxylation is 1. The zero-order valence-electron chi connectivity index (χ0n) is 15.6. The third kappa shape index (κ3) is 6.91. The Kier molecular flexibility index (Phi) is 8.86. The van der Waals surface area contributed by atoms with Gasteiger partial charge in [0, 0.05) is 27.9 Å². The van der Waals surface area contributed by atoms with Gasteiger partial charge in [0.1, 0.15) is 0 Å². The van der Waals surface area contributed by atoms with Crippen molar-refractivity contribution in [2.45, 2.75) is 24.7 Å². The molecule has 0 heterocycles. The summed E-state index contributed by atoms with van der Waals surface area (Å²) in [5, 5.41) is 9.45. The van der Waals surface area contributed by atoms with Gasteiger partial charge >= 0.3 is 5.97 Å². The smallest absolute Gasteiger partial charge is 0.307 e. The number of carbonyl (C=O) groups is 2. The average molecular weight is 417 g/mol. The van der Waals surface area contributed by atoms with E-state index in [1.54, 1.807) is 30.0 Å². The summed E-state index contributed by atoms with van der Waals surface area (Å²) in [6.45, 7) is 1.70. The van der Waals surface area contributed by atoms with Crippen LogP contribution in [0.25, 0.3) is 0 Å². The normalized spacial score (nSPS) is 10.2. The van der Waals surface area contributed by atoms with Crippen molar-refractivity contribution < 1.29 is 14.3 Å². The van der Waals surface area contributed by atoms with Gasteiger partial charge < -0.3 is 9.64 Å². The topological polar surface area (TPSA) is 70.4 Å². The van der Waals surface area contributed by atoms with Crippen molar-refractivity contribution in [3.8, 4) is 6.07 Å². The summed E-state index contributed by atoms with van der Waals surface area (Å²) < 4.78 is 5.13. The SMILES string of the molecule is Cc1cc(N(CCC#N)C(=O)COC(=O)CCSc2ccccc2)ccc1Cl. The second-order valence-corrected chi connectivity index (χ2v) is 7.53. The third-order valence-electron chi connectivity index (χ3n) is 3.88. The van der Waals surface area contributed by atoms with E-state index in [4.69, 9.17) is 21.6 Å². The van der Waals surface area contributed by atoms with E-state index in [-0.39, 0.29) is 31.9 Å². The first-order valence-corrected chi connectivity index (χ1v) is 10.1. The number of esters is 1. The molecule has 1 amide bonds. The van der Waals surface area contributed by atoms with E-state index < -0.39 is 5.97 Å². The Balaban J connectivity index is 1.87. The molecule has 0 aromatic heterocycles. The number of ether oxygens (including phenoxy) is 1. The fourth-order valence-electron chi connectivity index (χ4n) is 2.42. The summed E-state index contributed by atoms with van der Waals surface area (Å²) in [5.41, 5.74) is 1.45. The summed E-state index contributed by atoms with van der Waals surface area (Å²) in [6.07, 6.45) is 0.389. The van der Waals surface area contributed by atoms with E-state index in [2.05, 4.69) is 0 Å². The minimum Gasteiger partial charge on any atom is -0.456 e. The van der Waals surface area contributed by atoms with Gasteiger partial charge in [0.2, 0.25) is 0 Å². The predicted octanol–water partition coefficient (Wildman–Crippen LogP) is 4.62. The summed E-state index contributed by atoms with van der Waals surface area (Å²) in [4.78, 5) is 27.0. The van der Waals surface area contributed by atoms with E-state index in [9.17, 15) is 9.59 Å². The maximum atomic E-state index is 12.5. The van der Waals surface area contributed by atoms with Crippen LogP contribution in [0.15, 0.2) is 53.4 Å². The molecule has 2 aromatic carbocycles. The van der Waals surface area contributed by atoms with Crippen LogP contribution in [0.2, 0.25) is 5.02 Å². The number of hydrogen-bond donors (Lipinski definition) is 0. The highest BCUT2D eigenvalue weighted by molar-refractivity contribution is 7.99. The minimum atomic E-state index is -0.427. The molecule has 0 atom stereocenters. The van der Waals surface area contributed by atoms with Gasteiger partial charge in [-0.2, -0.15) is 5.26 Å². The van der Waals surface area contributed by atoms with Crippen LogP contribution >= 0.6 is 23.4 Å². The first kappa shape index (κ1) is 21.8. The number of thioether (sulfide) groups is 1. The fourth-order valence-corrected chi connectivity index (χ4v) is 3.39. The maximum Gasteiger partial charge on any atom is 0.307 e. The maximum absolute atomic E-state index is 12.5. The number of hydrogen-bond acceptors (Lipinski definition) is 5. The Morgan fingerprint density at radius 2 is 1.96 bits per heavy atom. The molecular weight excluding hydrogens is 396 g/mol. The van der Waals surface area contributed by atoms with E-state index in [0.29, 0.717) is 16.5 Å². The number of halogens is 1. The van der Waals surface area contributed by atoms with E-state index in [1.807, 2.05) is 43.3 Å². The lowest BCUT2D eigenvalue weighted by Gasteiger charge is -2.22. The second kappa shape index (κ2) is 11.4. The van der Waals surface area contributed by atoms with E-state index in [1.165, 1.54) is 4.90 Å². The summed E-state index contributed by atoms with van der Waals surface area (Å²) in [6, 6.07) is 17.0. The molecule has 0 radical (unpaired) electrons. The van der Waals surface area contributed by atoms with Crippen LogP contribution in [-0.4, -0.2) is 30.8 Å². The van der Waals surface area contributed by atoms with Gasteiger partial charge in [-0.05, 0) is 42.8 Å². The monoisotopic (exact) mass is 416 g/mol. The number of nitriles is 1. The van der Waals surface area contributed by atoms with Crippen molar-refractivity contribution in [2.24, 2.45) is 0 Å². The molecule has 0 unspecified atom stereocenters. The Morgan fingerprint density at radius 3 is 2.64 bits per heavy atom. The molecule has 2 rings (SSSR count). The lowest BCUT2D eigenvalue weighted by atomic mass is 10.2. The van der Waals surface area contributed by atoms with Gasteiger partial charge in [0.05, 0.1) is 18.9 Å². The van der Waals surface area contributed by atoms with Crippen molar-refractivity contribution in [3.05, 3.63) is 59.1 Å². The highest BCUT2D eigenvalue weighted by atomic mass is 35.5. The van der Waals surface area contributed by atoms with Gasteiger partial charge in [0.15, 0.2) is 6.61 Å². The van der Waals surface area contributed by atoms with Gasteiger partial charge in [-0.3, -0.25) is 9.59 Å². The van der Waals surface area contributed by atoms with Crippen LogP contribution < -0.4 is 4.90 Å². The van der Waals surface area contributed by atoms with Crippen molar-refractivity contribution in [1.29, 1.82) is 5.26 Å². The summed E-state index contributed by atoms with van der Waals surface area (Å²) in [5.74, 6) is -0.226. The van der Waals surface area contributed by atoms with Gasteiger partial charge in [-0.25, -0.2) is 0 Å². The highest BCUT2D eigenvalue weighted by Crippen LogP contribution is 2.23. The zero-order chi connectivity index (χ0) is 20.4. The Bertz CT molecular complexity index is 852. The number of carbonyl (C=O) groups excluding carboxylic acids is 2. The Hall–Kier alpha value is -2.49. The molecule has 0 spiro atoms. The van der Waals surface area contributed by atoms with E-state index in [0.717, 1.165) is 10.5 Å². The molecule has 0 saturated heterocycles. The molecular formula is C21H21ClN2O3S. The third-order valence-corrected chi connectivity index (χ3v) is 5.31. The van der Waals surface area contributed by atoms with Crippen LogP contribution in [0.1, 0.15) is 18.4 Å². The van der Waals surface area contributed by atoms with Crippen molar-refractivity contribution in [2.75, 3.05) is 23.8 Å². The standard InChI is InChI=1S/C21H21ClN2O3S/c1-16-14-17(8-9-19(16)22)24(12-5-11-23)20(25)15-27-21(26)10-13-28-18-6-3-2-4-7-18/h2-4,6-9,14H,5,10,12-13,15H2,1H3. The molecule has 28 heavy (non-hydrogen) atoms. The molecule has 2 aromatic rings. The Morgan fingerprint density at radius 1 is 1.21 bits per heavy atom. The average Bonchev–Trinajstić information content (AvgIpc) is 2.70. The Labute approximate surface area is 174 Å². The number of amides is 1. The molecule has 0 aliphatic rings. The lowest BCUT2D eigenvalue weighted by molar-refractivity contribution is -0.147. The molecule has 0 saturated carbocycles. The van der Waals surface area contributed by atoms with Crippen molar-refractivity contribution in [1.82, 2.24) is 0 Å². The van der Waals surface area contributed by atoms with Crippen LogP contribution in [0.3, 0.4) is 0 Å². The number of benzene rings is 2. The summed E-state index contributed by atoms with van der Waals surface area (Å²) >= 11 is 7.59. The molecule has 0 aliphatic carbocycles. The van der Waals surface area contributed by atoms with Crippen molar-refractivity contribution in [3.63, 3.8) is 0 Å². The van der Waals surface area contributed by atoms with Crippen LogP contribution in [0.4, 0.5) is 5.69 Å². The molecule has 146 valence electrons. The fraction of sp³-hybridized carbons (Fsp3) is 0.286. The number of anilines is 1. The molecule has 0 fully saturated rings. The van der Waals surface area contributed by atoms with E-state index >= 15 is 0 Å². The number of nitrogens with zero attached hydrogens (tertiary/aromatic N) is 2. The molecule has 5 nitrogen and oxygen atoms in total. The predicted molar refractivity (Wildman–Crippen MR) is 112 cm³/mol. The zero-order valence-corrected chi connectivity index (χ0v) is 17.1.